The van der Waals surface area contributed by atoms with E-state index in [-0.39, 0.29) is 22.9 Å². The van der Waals surface area contributed by atoms with Gasteiger partial charge in [-0.3, -0.25) is 4.79 Å². The number of carbonyl (C=O) groups is 1. The highest BCUT2D eigenvalue weighted by Crippen LogP contribution is 2.25. The molecule has 3 rings (SSSR count). The van der Waals surface area contributed by atoms with Crippen molar-refractivity contribution in [3.05, 3.63) is 58.6 Å². The average Bonchev–Trinajstić information content (AvgIpc) is 3.01. The normalized spacial score (nSPS) is 15.0. The van der Waals surface area contributed by atoms with Crippen LogP contribution in [0.25, 0.3) is 0 Å². The number of sulfonamides is 1. The molecule has 0 aromatic heterocycles. The molecule has 156 valence electrons. The summed E-state index contributed by atoms with van der Waals surface area (Å²) in [6, 6.07) is 11.3. The molecular formula is C21H25ClN2O4S. The van der Waals surface area contributed by atoms with Crippen molar-refractivity contribution in [1.29, 1.82) is 0 Å². The van der Waals surface area contributed by atoms with Gasteiger partial charge >= 0.3 is 0 Å². The first-order chi connectivity index (χ1) is 13.9. The molecule has 0 saturated carbocycles. The Morgan fingerprint density at radius 2 is 1.83 bits per heavy atom. The van der Waals surface area contributed by atoms with Crippen molar-refractivity contribution in [2.45, 2.75) is 37.1 Å². The Bertz CT molecular complexity index is 970. The average molecular weight is 437 g/mol. The van der Waals surface area contributed by atoms with E-state index >= 15 is 0 Å². The number of methoxy groups -OCH3 is 1. The van der Waals surface area contributed by atoms with Crippen molar-refractivity contribution in [3.8, 4) is 5.75 Å². The van der Waals surface area contributed by atoms with Crippen LogP contribution in [0.3, 0.4) is 0 Å². The maximum absolute atomic E-state index is 13.0. The van der Waals surface area contributed by atoms with Crippen LogP contribution in [0.15, 0.2) is 47.4 Å². The molecule has 1 aliphatic rings. The van der Waals surface area contributed by atoms with Crippen molar-refractivity contribution in [3.63, 3.8) is 0 Å². The summed E-state index contributed by atoms with van der Waals surface area (Å²) in [4.78, 5) is 14.8. The molecule has 1 heterocycles. The smallest absolute Gasteiger partial charge is 0.257 e. The topological polar surface area (TPSA) is 75.7 Å². The van der Waals surface area contributed by atoms with Crippen molar-refractivity contribution >= 4 is 27.5 Å². The predicted molar refractivity (Wildman–Crippen MR) is 113 cm³/mol. The molecule has 0 radical (unpaired) electrons. The summed E-state index contributed by atoms with van der Waals surface area (Å²) in [5.74, 6) is 0.170. The van der Waals surface area contributed by atoms with E-state index in [1.165, 1.54) is 25.3 Å². The van der Waals surface area contributed by atoms with Gasteiger partial charge < -0.3 is 9.64 Å². The molecule has 0 unspecified atom stereocenters. The number of halogens is 1. The van der Waals surface area contributed by atoms with Crippen molar-refractivity contribution in [1.82, 2.24) is 9.62 Å². The molecule has 1 amide bonds. The van der Waals surface area contributed by atoms with Crippen LogP contribution in [0.4, 0.5) is 0 Å². The van der Waals surface area contributed by atoms with E-state index in [1.54, 1.807) is 29.2 Å². The zero-order valence-electron chi connectivity index (χ0n) is 16.4. The molecule has 1 N–H and O–H groups in total. The van der Waals surface area contributed by atoms with Gasteiger partial charge in [-0.1, -0.05) is 36.6 Å². The lowest BCUT2D eigenvalue weighted by molar-refractivity contribution is 0.0758. The fourth-order valence-electron chi connectivity index (χ4n) is 3.37. The molecule has 2 aromatic rings. The molecule has 1 fully saturated rings. The lowest BCUT2D eigenvalue weighted by atomic mass is 10.1. The van der Waals surface area contributed by atoms with Crippen molar-refractivity contribution < 1.29 is 17.9 Å². The van der Waals surface area contributed by atoms with E-state index in [2.05, 4.69) is 4.72 Å². The predicted octanol–water partition coefficient (Wildman–Crippen LogP) is 3.84. The van der Waals surface area contributed by atoms with E-state index in [9.17, 15) is 13.2 Å². The van der Waals surface area contributed by atoms with Gasteiger partial charge in [0.05, 0.1) is 17.6 Å². The quantitative estimate of drug-likeness (QED) is 0.746. The van der Waals surface area contributed by atoms with E-state index in [0.717, 1.165) is 31.2 Å². The van der Waals surface area contributed by atoms with Gasteiger partial charge in [0.25, 0.3) is 5.91 Å². The van der Waals surface area contributed by atoms with Crippen LogP contribution in [0, 0.1) is 0 Å². The van der Waals surface area contributed by atoms with Gasteiger partial charge in [0.2, 0.25) is 10.0 Å². The van der Waals surface area contributed by atoms with Gasteiger partial charge in [-0.15, -0.1) is 0 Å². The van der Waals surface area contributed by atoms with Crippen LogP contribution in [-0.4, -0.2) is 39.4 Å². The minimum atomic E-state index is -3.81. The van der Waals surface area contributed by atoms with Crippen LogP contribution in [0.1, 0.15) is 41.6 Å². The lowest BCUT2D eigenvalue weighted by Crippen LogP contribution is -2.32. The molecule has 29 heavy (non-hydrogen) atoms. The fourth-order valence-corrected chi connectivity index (χ4v) is 4.63. The molecule has 1 aliphatic heterocycles. The highest BCUT2D eigenvalue weighted by molar-refractivity contribution is 7.89. The number of amides is 1. The second kappa shape index (κ2) is 9.61. The van der Waals surface area contributed by atoms with Crippen LogP contribution >= 0.6 is 11.6 Å². The van der Waals surface area contributed by atoms with Crippen LogP contribution in [0.2, 0.25) is 5.02 Å². The summed E-state index contributed by atoms with van der Waals surface area (Å²) in [7, 11) is -2.34. The highest BCUT2D eigenvalue weighted by Gasteiger charge is 2.24. The second-order valence-electron chi connectivity index (χ2n) is 7.02. The summed E-state index contributed by atoms with van der Waals surface area (Å²) < 4.78 is 33.5. The van der Waals surface area contributed by atoms with Gasteiger partial charge in [-0.05, 0) is 48.7 Å². The summed E-state index contributed by atoms with van der Waals surface area (Å²) in [6.07, 6.45) is 4.10. The number of hydrogen-bond donors (Lipinski definition) is 1. The maximum atomic E-state index is 13.0. The Hall–Kier alpha value is -2.09. The molecule has 6 nitrogen and oxygen atoms in total. The second-order valence-corrected chi connectivity index (χ2v) is 9.23. The third-order valence-electron chi connectivity index (χ3n) is 4.96. The van der Waals surface area contributed by atoms with Gasteiger partial charge in [0, 0.05) is 24.7 Å². The molecule has 2 aromatic carbocycles. The highest BCUT2D eigenvalue weighted by atomic mass is 35.5. The minimum Gasteiger partial charge on any atom is -0.496 e. The van der Waals surface area contributed by atoms with E-state index in [1.807, 2.05) is 0 Å². The number of carbonyl (C=O) groups excluding carboxylic acids is 1. The fraction of sp³-hybridized carbons (Fsp3) is 0.381. The summed E-state index contributed by atoms with van der Waals surface area (Å²) in [6.45, 7) is 1.45. The first-order valence-electron chi connectivity index (χ1n) is 9.62. The van der Waals surface area contributed by atoms with Crippen molar-refractivity contribution in [2.24, 2.45) is 0 Å². The van der Waals surface area contributed by atoms with E-state index in [4.69, 9.17) is 16.3 Å². The Balaban J connectivity index is 1.83. The molecule has 0 atom stereocenters. The van der Waals surface area contributed by atoms with E-state index < -0.39 is 10.0 Å². The third kappa shape index (κ3) is 5.50. The molecular weight excluding hydrogens is 412 g/mol. The number of likely N-dealkylation sites (tertiary alicyclic amines) is 1. The largest absolute Gasteiger partial charge is 0.496 e. The number of nitrogens with one attached hydrogen (secondary N) is 1. The molecule has 0 spiro atoms. The SMILES string of the molecule is COc1ccc(S(=O)(=O)NCc2cccc(Cl)c2)cc1C(=O)N1CCCCCC1. The van der Waals surface area contributed by atoms with Crippen LogP contribution < -0.4 is 9.46 Å². The van der Waals surface area contributed by atoms with Gasteiger partial charge in [-0.25, -0.2) is 13.1 Å². The number of nitrogens with zero attached hydrogens (tertiary/aromatic N) is 1. The lowest BCUT2D eigenvalue weighted by Gasteiger charge is -2.22. The van der Waals surface area contributed by atoms with Crippen LogP contribution in [0.5, 0.6) is 5.75 Å². The molecule has 8 heteroatoms. The number of ether oxygens (including phenoxy) is 1. The number of benzene rings is 2. The van der Waals surface area contributed by atoms with E-state index in [0.29, 0.717) is 23.9 Å². The first-order valence-corrected chi connectivity index (χ1v) is 11.5. The Kier molecular flexibility index (Phi) is 7.16. The number of rotatable bonds is 6. The minimum absolute atomic E-state index is 0.0264. The third-order valence-corrected chi connectivity index (χ3v) is 6.59. The van der Waals surface area contributed by atoms with Gasteiger partial charge in [-0.2, -0.15) is 0 Å². The monoisotopic (exact) mass is 436 g/mol. The molecule has 0 aliphatic carbocycles. The molecule has 1 saturated heterocycles. The summed E-state index contributed by atoms with van der Waals surface area (Å²) in [5, 5.41) is 0.538. The van der Waals surface area contributed by atoms with Gasteiger partial charge in [0.15, 0.2) is 0 Å². The Morgan fingerprint density at radius 1 is 1.10 bits per heavy atom. The zero-order valence-corrected chi connectivity index (χ0v) is 17.9. The van der Waals surface area contributed by atoms with Crippen molar-refractivity contribution in [2.75, 3.05) is 20.2 Å². The standard InChI is InChI=1S/C21H25ClN2O4S/c1-28-20-10-9-18(14-19(20)21(25)24-11-4-2-3-5-12-24)29(26,27)23-15-16-7-6-8-17(22)13-16/h6-10,13-14,23H,2-5,11-12,15H2,1H3. The summed E-state index contributed by atoms with van der Waals surface area (Å²) in [5.41, 5.74) is 1.01. The first kappa shape index (κ1) is 21.6. The Labute approximate surface area is 176 Å². The number of hydrogen-bond acceptors (Lipinski definition) is 4. The Morgan fingerprint density at radius 3 is 2.48 bits per heavy atom. The molecule has 0 bridgehead atoms. The maximum Gasteiger partial charge on any atom is 0.257 e. The van der Waals surface area contributed by atoms with Crippen LogP contribution in [-0.2, 0) is 16.6 Å². The summed E-state index contributed by atoms with van der Waals surface area (Å²) >= 11 is 5.95. The van der Waals surface area contributed by atoms with Gasteiger partial charge in [0.1, 0.15) is 5.75 Å². The zero-order chi connectivity index (χ0) is 20.9.